The second-order valence-electron chi connectivity index (χ2n) is 7.64. The average molecular weight is 357 g/mol. The number of unbranched alkanes of at least 4 members (excludes halogenated alkanes) is 16. The Balaban J connectivity index is 3.06. The minimum absolute atomic E-state index is 0.158. The van der Waals surface area contributed by atoms with Crippen LogP contribution in [0.4, 0.5) is 4.79 Å². The summed E-state index contributed by atoms with van der Waals surface area (Å²) in [7, 11) is 0. The van der Waals surface area contributed by atoms with Gasteiger partial charge in [-0.1, -0.05) is 110 Å². The highest BCUT2D eigenvalue weighted by Crippen LogP contribution is 2.14. The zero-order valence-corrected chi connectivity index (χ0v) is 17.1. The molecule has 0 aliphatic rings. The molecule has 0 saturated carbocycles. The van der Waals surface area contributed by atoms with E-state index < -0.39 is 6.16 Å². The highest BCUT2D eigenvalue weighted by atomic mass is 16.7. The number of rotatable bonds is 19. The molecule has 0 amide bonds. The van der Waals surface area contributed by atoms with Crippen LogP contribution in [-0.2, 0) is 4.74 Å². The largest absolute Gasteiger partial charge is 0.506 e. The van der Waals surface area contributed by atoms with Crippen LogP contribution in [0.25, 0.3) is 0 Å². The third-order valence-corrected chi connectivity index (χ3v) is 5.02. The maximum Gasteiger partial charge on any atom is 0.506 e. The van der Waals surface area contributed by atoms with Gasteiger partial charge in [0, 0.05) is 0 Å². The summed E-state index contributed by atoms with van der Waals surface area (Å²) in [6.07, 6.45) is 22.8. The fourth-order valence-electron chi connectivity index (χ4n) is 3.39. The van der Waals surface area contributed by atoms with E-state index in [9.17, 15) is 4.79 Å². The molecule has 1 unspecified atom stereocenters. The molecule has 1 N–H and O–H groups in total. The van der Waals surface area contributed by atoms with Gasteiger partial charge in [-0.2, -0.15) is 0 Å². The van der Waals surface area contributed by atoms with Gasteiger partial charge in [-0.25, -0.2) is 4.79 Å². The molecule has 0 heterocycles. The van der Waals surface area contributed by atoms with Gasteiger partial charge in [0.15, 0.2) is 0 Å². The van der Waals surface area contributed by atoms with Crippen molar-refractivity contribution in [2.24, 2.45) is 0 Å². The molecule has 0 aromatic heterocycles. The second kappa shape index (κ2) is 19.6. The van der Waals surface area contributed by atoms with Gasteiger partial charge in [0.05, 0.1) is 0 Å². The van der Waals surface area contributed by atoms with Crippen molar-refractivity contribution in [2.45, 2.75) is 136 Å². The number of carbonyl (C=O) groups is 1. The first-order valence-electron chi connectivity index (χ1n) is 11.1. The monoisotopic (exact) mass is 356 g/mol. The first-order valence-corrected chi connectivity index (χ1v) is 11.1. The van der Waals surface area contributed by atoms with Crippen LogP contribution in [0.5, 0.6) is 0 Å². The van der Waals surface area contributed by atoms with Gasteiger partial charge in [0.1, 0.15) is 6.10 Å². The van der Waals surface area contributed by atoms with Crippen LogP contribution in [0.1, 0.15) is 129 Å². The number of hydrogen-bond donors (Lipinski definition) is 1. The first-order chi connectivity index (χ1) is 12.2. The molecule has 3 heteroatoms. The molecule has 0 bridgehead atoms. The van der Waals surface area contributed by atoms with E-state index in [4.69, 9.17) is 9.84 Å². The molecule has 0 aliphatic carbocycles. The molecule has 0 aliphatic heterocycles. The van der Waals surface area contributed by atoms with Crippen LogP contribution in [0.2, 0.25) is 0 Å². The van der Waals surface area contributed by atoms with Crippen LogP contribution in [0.15, 0.2) is 0 Å². The predicted octanol–water partition coefficient (Wildman–Crippen LogP) is 8.11. The van der Waals surface area contributed by atoms with Crippen molar-refractivity contribution in [2.75, 3.05) is 0 Å². The van der Waals surface area contributed by atoms with Gasteiger partial charge >= 0.3 is 6.16 Å². The van der Waals surface area contributed by atoms with E-state index in [2.05, 4.69) is 6.92 Å². The van der Waals surface area contributed by atoms with Gasteiger partial charge in [-0.05, 0) is 19.8 Å². The third kappa shape index (κ3) is 21.2. The summed E-state index contributed by atoms with van der Waals surface area (Å²) in [4.78, 5) is 10.4. The lowest BCUT2D eigenvalue weighted by Crippen LogP contribution is -2.12. The minimum atomic E-state index is -1.15. The molecular weight excluding hydrogens is 312 g/mol. The standard InChI is InChI=1S/C22H44O3/c1-3-4-5-6-7-8-9-10-11-12-13-14-15-16-17-18-19-20-21(2)25-22(23)24/h21H,3-20H2,1-2H3,(H,23,24). The van der Waals surface area contributed by atoms with Gasteiger partial charge in [0.2, 0.25) is 0 Å². The quantitative estimate of drug-likeness (QED) is 0.188. The van der Waals surface area contributed by atoms with Gasteiger partial charge in [-0.3, -0.25) is 0 Å². The topological polar surface area (TPSA) is 46.5 Å². The van der Waals surface area contributed by atoms with E-state index in [1.807, 2.05) is 6.92 Å². The van der Waals surface area contributed by atoms with E-state index in [0.717, 1.165) is 12.8 Å². The van der Waals surface area contributed by atoms with E-state index in [1.165, 1.54) is 103 Å². The van der Waals surface area contributed by atoms with E-state index >= 15 is 0 Å². The molecule has 0 saturated heterocycles. The summed E-state index contributed by atoms with van der Waals surface area (Å²) >= 11 is 0. The highest BCUT2D eigenvalue weighted by Gasteiger charge is 2.06. The second-order valence-corrected chi connectivity index (χ2v) is 7.64. The van der Waals surface area contributed by atoms with Gasteiger partial charge in [-0.15, -0.1) is 0 Å². The average Bonchev–Trinajstić information content (AvgIpc) is 2.57. The van der Waals surface area contributed by atoms with E-state index in [-0.39, 0.29) is 6.10 Å². The maximum absolute atomic E-state index is 10.4. The molecule has 0 spiro atoms. The molecule has 3 nitrogen and oxygen atoms in total. The molecule has 0 aromatic rings. The molecule has 0 radical (unpaired) electrons. The lowest BCUT2D eigenvalue weighted by molar-refractivity contribution is 0.0548. The van der Waals surface area contributed by atoms with Crippen molar-refractivity contribution in [1.29, 1.82) is 0 Å². The van der Waals surface area contributed by atoms with Crippen molar-refractivity contribution >= 4 is 6.16 Å². The van der Waals surface area contributed by atoms with Crippen molar-refractivity contribution < 1.29 is 14.6 Å². The van der Waals surface area contributed by atoms with Crippen LogP contribution in [0, 0.1) is 0 Å². The molecular formula is C22H44O3. The summed E-state index contributed by atoms with van der Waals surface area (Å²) in [6.45, 7) is 4.11. The van der Waals surface area contributed by atoms with Gasteiger partial charge in [0.25, 0.3) is 0 Å². The Kier molecular flexibility index (Phi) is 19.0. The molecule has 0 fully saturated rings. The Morgan fingerprint density at radius 2 is 1.00 bits per heavy atom. The minimum Gasteiger partial charge on any atom is -0.450 e. The van der Waals surface area contributed by atoms with Crippen LogP contribution in [-0.4, -0.2) is 17.4 Å². The number of ether oxygens (including phenoxy) is 1. The predicted molar refractivity (Wildman–Crippen MR) is 107 cm³/mol. The van der Waals surface area contributed by atoms with Crippen LogP contribution >= 0.6 is 0 Å². The fourth-order valence-corrected chi connectivity index (χ4v) is 3.39. The third-order valence-electron chi connectivity index (χ3n) is 5.02. The summed E-state index contributed by atoms with van der Waals surface area (Å²) in [5.41, 5.74) is 0. The number of carboxylic acid groups (broad SMARTS) is 1. The van der Waals surface area contributed by atoms with Crippen molar-refractivity contribution in [3.63, 3.8) is 0 Å². The lowest BCUT2D eigenvalue weighted by Gasteiger charge is -2.09. The zero-order chi connectivity index (χ0) is 18.6. The lowest BCUT2D eigenvalue weighted by atomic mass is 10.0. The van der Waals surface area contributed by atoms with Crippen molar-refractivity contribution in [1.82, 2.24) is 0 Å². The van der Waals surface area contributed by atoms with Crippen molar-refractivity contribution in [3.05, 3.63) is 0 Å². The highest BCUT2D eigenvalue weighted by molar-refractivity contribution is 5.56. The Bertz CT molecular complexity index is 278. The van der Waals surface area contributed by atoms with Crippen LogP contribution in [0.3, 0.4) is 0 Å². The Morgan fingerprint density at radius 1 is 0.680 bits per heavy atom. The Labute approximate surface area is 156 Å². The number of hydrogen-bond acceptors (Lipinski definition) is 2. The molecule has 0 rings (SSSR count). The first kappa shape index (κ1) is 24.3. The molecule has 150 valence electrons. The normalized spacial score (nSPS) is 12.2. The zero-order valence-electron chi connectivity index (χ0n) is 17.1. The summed E-state index contributed by atoms with van der Waals surface area (Å²) in [5.74, 6) is 0. The molecule has 25 heavy (non-hydrogen) atoms. The molecule has 0 aromatic carbocycles. The van der Waals surface area contributed by atoms with E-state index in [0.29, 0.717) is 0 Å². The van der Waals surface area contributed by atoms with Gasteiger partial charge < -0.3 is 9.84 Å². The Hall–Kier alpha value is -0.730. The summed E-state index contributed by atoms with van der Waals surface area (Å²) < 4.78 is 4.70. The fraction of sp³-hybridized carbons (Fsp3) is 0.955. The summed E-state index contributed by atoms with van der Waals surface area (Å²) in [5, 5.41) is 8.51. The SMILES string of the molecule is CCCCCCCCCCCCCCCCCCCC(C)OC(=O)O. The van der Waals surface area contributed by atoms with E-state index in [1.54, 1.807) is 0 Å². The Morgan fingerprint density at radius 3 is 1.32 bits per heavy atom. The summed E-state index contributed by atoms with van der Waals surface area (Å²) in [6, 6.07) is 0. The molecule has 1 atom stereocenters. The smallest absolute Gasteiger partial charge is 0.450 e. The van der Waals surface area contributed by atoms with Crippen LogP contribution < -0.4 is 0 Å². The van der Waals surface area contributed by atoms with Crippen molar-refractivity contribution in [3.8, 4) is 0 Å². The maximum atomic E-state index is 10.4.